The largest absolute Gasteiger partial charge is 0.372 e. The van der Waals surface area contributed by atoms with Crippen LogP contribution in [0.4, 0.5) is 0 Å². The number of likely N-dealkylation sites (tertiary alicyclic amines) is 1. The first kappa shape index (κ1) is 11.3. The average molecular weight is 215 g/mol. The van der Waals surface area contributed by atoms with Crippen LogP contribution in [0.1, 0.15) is 37.3 Å². The van der Waals surface area contributed by atoms with Crippen LogP contribution in [0, 0.1) is 0 Å². The summed E-state index contributed by atoms with van der Waals surface area (Å²) < 4.78 is 0. The number of benzene rings is 1. The fraction of sp³-hybridized carbons (Fsp3) is 0.467. The Morgan fingerprint density at radius 2 is 1.75 bits per heavy atom. The highest BCUT2D eigenvalue weighted by Gasteiger charge is 2.12. The van der Waals surface area contributed by atoms with Gasteiger partial charge in [-0.15, -0.1) is 0 Å². The molecule has 0 aliphatic carbocycles. The molecule has 0 unspecified atom stereocenters. The van der Waals surface area contributed by atoms with E-state index in [1.165, 1.54) is 49.2 Å². The Kier molecular flexibility index (Phi) is 3.66. The zero-order valence-corrected chi connectivity index (χ0v) is 10.2. The summed E-state index contributed by atoms with van der Waals surface area (Å²) in [5.74, 6) is 0. The lowest BCUT2D eigenvalue weighted by atomic mass is 10.0. The molecule has 1 saturated heterocycles. The summed E-state index contributed by atoms with van der Waals surface area (Å²) in [4.78, 5) is 2.42. The van der Waals surface area contributed by atoms with E-state index in [4.69, 9.17) is 0 Å². The highest BCUT2D eigenvalue weighted by atomic mass is 15.1. The first-order valence-electron chi connectivity index (χ1n) is 6.34. The zero-order chi connectivity index (χ0) is 11.4. The molecule has 0 bridgehead atoms. The Labute approximate surface area is 98.8 Å². The van der Waals surface area contributed by atoms with Crippen LogP contribution >= 0.6 is 0 Å². The summed E-state index contributed by atoms with van der Waals surface area (Å²) in [6, 6.07) is 8.83. The van der Waals surface area contributed by atoms with E-state index >= 15 is 0 Å². The molecule has 0 N–H and O–H groups in total. The summed E-state index contributed by atoms with van der Waals surface area (Å²) in [7, 11) is 0. The quantitative estimate of drug-likeness (QED) is 0.743. The second-order valence-corrected chi connectivity index (χ2v) is 4.54. The normalized spacial score (nSPS) is 16.2. The van der Waals surface area contributed by atoms with Crippen LogP contribution in [-0.4, -0.2) is 18.0 Å². The number of hydrogen-bond donors (Lipinski definition) is 0. The molecule has 0 atom stereocenters. The summed E-state index contributed by atoms with van der Waals surface area (Å²) in [6.45, 7) is 8.77. The monoisotopic (exact) mass is 215 g/mol. The Bertz CT molecular complexity index is 344. The molecule has 0 aromatic heterocycles. The molecule has 1 nitrogen and oxygen atoms in total. The second-order valence-electron chi connectivity index (χ2n) is 4.54. The number of aryl methyl sites for hydroxylation is 1. The van der Waals surface area contributed by atoms with Crippen molar-refractivity contribution in [1.82, 2.24) is 4.90 Å². The van der Waals surface area contributed by atoms with Crippen molar-refractivity contribution in [3.05, 3.63) is 42.0 Å². The fourth-order valence-corrected chi connectivity index (χ4v) is 2.28. The van der Waals surface area contributed by atoms with E-state index in [1.54, 1.807) is 0 Å². The third-order valence-corrected chi connectivity index (χ3v) is 3.43. The SMILES string of the molecule is C=C(c1ccc(CC)cc1)N1CCCCC1. The maximum atomic E-state index is 4.23. The third-order valence-electron chi connectivity index (χ3n) is 3.43. The van der Waals surface area contributed by atoms with Gasteiger partial charge in [-0.3, -0.25) is 0 Å². The summed E-state index contributed by atoms with van der Waals surface area (Å²) >= 11 is 0. The molecule has 2 rings (SSSR count). The van der Waals surface area contributed by atoms with Crippen molar-refractivity contribution in [3.63, 3.8) is 0 Å². The van der Waals surface area contributed by atoms with Crippen molar-refractivity contribution in [2.24, 2.45) is 0 Å². The molecular formula is C15H21N. The number of hydrogen-bond acceptors (Lipinski definition) is 1. The molecular weight excluding hydrogens is 194 g/mol. The maximum Gasteiger partial charge on any atom is 0.0366 e. The Hall–Kier alpha value is -1.24. The van der Waals surface area contributed by atoms with Crippen LogP contribution in [0.5, 0.6) is 0 Å². The highest BCUT2D eigenvalue weighted by molar-refractivity contribution is 5.62. The van der Waals surface area contributed by atoms with Crippen LogP contribution < -0.4 is 0 Å². The van der Waals surface area contributed by atoms with Crippen molar-refractivity contribution in [2.75, 3.05) is 13.1 Å². The topological polar surface area (TPSA) is 3.24 Å². The van der Waals surface area contributed by atoms with Crippen molar-refractivity contribution in [1.29, 1.82) is 0 Å². The van der Waals surface area contributed by atoms with Gasteiger partial charge in [-0.05, 0) is 36.8 Å². The summed E-state index contributed by atoms with van der Waals surface area (Å²) in [5.41, 5.74) is 3.87. The smallest absolute Gasteiger partial charge is 0.0366 e. The van der Waals surface area contributed by atoms with E-state index in [9.17, 15) is 0 Å². The Balaban J connectivity index is 2.07. The second kappa shape index (κ2) is 5.20. The van der Waals surface area contributed by atoms with Gasteiger partial charge < -0.3 is 4.90 Å². The lowest BCUT2D eigenvalue weighted by molar-refractivity contribution is 0.326. The van der Waals surface area contributed by atoms with E-state index in [0.29, 0.717) is 0 Å². The summed E-state index contributed by atoms with van der Waals surface area (Å²) in [5, 5.41) is 0. The minimum Gasteiger partial charge on any atom is -0.372 e. The third kappa shape index (κ3) is 2.46. The van der Waals surface area contributed by atoms with E-state index in [2.05, 4.69) is 42.7 Å². The van der Waals surface area contributed by atoms with Crippen LogP contribution in [0.15, 0.2) is 30.8 Å². The van der Waals surface area contributed by atoms with Gasteiger partial charge in [-0.1, -0.05) is 37.8 Å². The van der Waals surface area contributed by atoms with E-state index in [0.717, 1.165) is 6.42 Å². The molecule has 0 saturated carbocycles. The standard InChI is InChI=1S/C15H21N/c1-3-14-7-9-15(10-8-14)13(2)16-11-5-4-6-12-16/h7-10H,2-6,11-12H2,1H3. The molecule has 1 aliphatic rings. The van der Waals surface area contributed by atoms with Gasteiger partial charge in [0.1, 0.15) is 0 Å². The summed E-state index contributed by atoms with van der Waals surface area (Å²) in [6.07, 6.45) is 5.10. The molecule has 16 heavy (non-hydrogen) atoms. The molecule has 1 heteroatoms. The van der Waals surface area contributed by atoms with Crippen LogP contribution in [0.3, 0.4) is 0 Å². The van der Waals surface area contributed by atoms with Gasteiger partial charge in [-0.2, -0.15) is 0 Å². The van der Waals surface area contributed by atoms with Crippen molar-refractivity contribution >= 4 is 5.70 Å². The highest BCUT2D eigenvalue weighted by Crippen LogP contribution is 2.22. The molecule has 1 heterocycles. The molecule has 1 aromatic rings. The van der Waals surface area contributed by atoms with Gasteiger partial charge in [0.25, 0.3) is 0 Å². The number of rotatable bonds is 3. The predicted molar refractivity (Wildman–Crippen MR) is 70.3 cm³/mol. The molecule has 0 amide bonds. The molecule has 0 radical (unpaired) electrons. The Morgan fingerprint density at radius 1 is 1.12 bits per heavy atom. The Morgan fingerprint density at radius 3 is 2.31 bits per heavy atom. The molecule has 1 fully saturated rings. The molecule has 1 aliphatic heterocycles. The number of nitrogens with zero attached hydrogens (tertiary/aromatic N) is 1. The molecule has 86 valence electrons. The lowest BCUT2D eigenvalue weighted by Gasteiger charge is -2.30. The van der Waals surface area contributed by atoms with Gasteiger partial charge in [0, 0.05) is 18.8 Å². The average Bonchev–Trinajstić information content (AvgIpc) is 2.39. The van der Waals surface area contributed by atoms with Gasteiger partial charge in [0.05, 0.1) is 0 Å². The fourth-order valence-electron chi connectivity index (χ4n) is 2.28. The van der Waals surface area contributed by atoms with Crippen LogP contribution in [0.2, 0.25) is 0 Å². The zero-order valence-electron chi connectivity index (χ0n) is 10.2. The van der Waals surface area contributed by atoms with E-state index in [1.807, 2.05) is 0 Å². The predicted octanol–water partition coefficient (Wildman–Crippen LogP) is 3.71. The lowest BCUT2D eigenvalue weighted by Crippen LogP contribution is -2.27. The van der Waals surface area contributed by atoms with Gasteiger partial charge in [-0.25, -0.2) is 0 Å². The minimum atomic E-state index is 1.11. The first-order valence-corrected chi connectivity index (χ1v) is 6.34. The maximum absolute atomic E-state index is 4.23. The van der Waals surface area contributed by atoms with Crippen molar-refractivity contribution < 1.29 is 0 Å². The number of piperidine rings is 1. The molecule has 0 spiro atoms. The van der Waals surface area contributed by atoms with Crippen molar-refractivity contribution in [2.45, 2.75) is 32.6 Å². The van der Waals surface area contributed by atoms with Gasteiger partial charge in [0.15, 0.2) is 0 Å². The van der Waals surface area contributed by atoms with E-state index < -0.39 is 0 Å². The van der Waals surface area contributed by atoms with E-state index in [-0.39, 0.29) is 0 Å². The van der Waals surface area contributed by atoms with Crippen molar-refractivity contribution in [3.8, 4) is 0 Å². The minimum absolute atomic E-state index is 1.11. The van der Waals surface area contributed by atoms with Crippen LogP contribution in [0.25, 0.3) is 5.70 Å². The van der Waals surface area contributed by atoms with Gasteiger partial charge >= 0.3 is 0 Å². The first-order chi connectivity index (χ1) is 7.81. The van der Waals surface area contributed by atoms with Gasteiger partial charge in [0.2, 0.25) is 0 Å². The molecule has 1 aromatic carbocycles. The van der Waals surface area contributed by atoms with Crippen LogP contribution in [-0.2, 0) is 6.42 Å².